The van der Waals surface area contributed by atoms with Crippen molar-refractivity contribution in [1.82, 2.24) is 10.4 Å². The maximum absolute atomic E-state index is 12.7. The van der Waals surface area contributed by atoms with Crippen molar-refractivity contribution in [2.24, 2.45) is 5.10 Å². The van der Waals surface area contributed by atoms with Crippen LogP contribution in [0.2, 0.25) is 0 Å². The molecule has 1 aromatic carbocycles. The Balaban J connectivity index is 1.57. The third kappa shape index (κ3) is 4.00. The van der Waals surface area contributed by atoms with Gasteiger partial charge in [0, 0.05) is 29.3 Å². The monoisotopic (exact) mass is 402 g/mol. The number of anilines is 1. The fourth-order valence-electron chi connectivity index (χ4n) is 3.59. The van der Waals surface area contributed by atoms with E-state index in [-0.39, 0.29) is 17.6 Å². The molecule has 0 aliphatic heterocycles. The zero-order chi connectivity index (χ0) is 21.1. The Bertz CT molecular complexity index is 1130. The number of nitrogens with zero attached hydrogens (tertiary/aromatic N) is 2. The van der Waals surface area contributed by atoms with Crippen LogP contribution in [0.25, 0.3) is 0 Å². The number of amides is 2. The number of carbonyl (C=O) groups is 2. The van der Waals surface area contributed by atoms with Crippen LogP contribution >= 0.6 is 0 Å². The number of nitrogens with one attached hydrogen (secondary N) is 2. The predicted molar refractivity (Wildman–Crippen MR) is 114 cm³/mol. The third-order valence-electron chi connectivity index (χ3n) is 5.02. The van der Waals surface area contributed by atoms with E-state index < -0.39 is 0 Å². The number of hydrogen-bond donors (Lipinski definition) is 2. The molecule has 7 nitrogen and oxygen atoms in total. The zero-order valence-corrected chi connectivity index (χ0v) is 16.9. The van der Waals surface area contributed by atoms with Crippen molar-refractivity contribution in [2.45, 2.75) is 33.1 Å². The van der Waals surface area contributed by atoms with Crippen molar-refractivity contribution in [3.05, 3.63) is 82.6 Å². The van der Waals surface area contributed by atoms with Crippen molar-refractivity contribution in [3.63, 3.8) is 0 Å². The number of aryl methyl sites for hydroxylation is 2. The number of hydrazone groups is 1. The van der Waals surface area contributed by atoms with Gasteiger partial charge in [0.05, 0.1) is 17.6 Å². The van der Waals surface area contributed by atoms with Gasteiger partial charge in [-0.1, -0.05) is 17.7 Å². The molecular weight excluding hydrogens is 380 g/mol. The van der Waals surface area contributed by atoms with Crippen molar-refractivity contribution < 1.29 is 14.0 Å². The molecule has 0 fully saturated rings. The van der Waals surface area contributed by atoms with Crippen LogP contribution in [0.15, 0.2) is 58.3 Å². The fourth-order valence-corrected chi connectivity index (χ4v) is 3.59. The highest BCUT2D eigenvalue weighted by atomic mass is 16.4. The van der Waals surface area contributed by atoms with Gasteiger partial charge in [-0.05, 0) is 51.0 Å². The number of fused-ring (bicyclic) bond motifs is 1. The van der Waals surface area contributed by atoms with E-state index >= 15 is 0 Å². The maximum atomic E-state index is 12.7. The smallest absolute Gasteiger partial charge is 0.291 e. The third-order valence-corrected chi connectivity index (χ3v) is 5.02. The van der Waals surface area contributed by atoms with Gasteiger partial charge < -0.3 is 9.73 Å². The standard InChI is InChI=1S/C23H22N4O3/c1-14-6-3-7-16(12-14)22(28)27-26-18-9-4-10-19-20(18)15(2)21(30-19)23(29)25-17-8-5-11-24-13-17/h3,5-8,11-13H,4,9-10H2,1-2H3,(H,25,29)(H,27,28)/b26-18+. The molecular formula is C23H22N4O3. The van der Waals surface area contributed by atoms with Gasteiger partial charge in [0.1, 0.15) is 5.76 Å². The van der Waals surface area contributed by atoms with Crippen LogP contribution in [0.4, 0.5) is 5.69 Å². The molecule has 0 bridgehead atoms. The van der Waals surface area contributed by atoms with Crippen LogP contribution in [-0.2, 0) is 6.42 Å². The Labute approximate surface area is 174 Å². The summed E-state index contributed by atoms with van der Waals surface area (Å²) in [5, 5.41) is 7.16. The van der Waals surface area contributed by atoms with Gasteiger partial charge >= 0.3 is 0 Å². The minimum atomic E-state index is -0.335. The summed E-state index contributed by atoms with van der Waals surface area (Å²) in [7, 11) is 0. The summed E-state index contributed by atoms with van der Waals surface area (Å²) in [6.07, 6.45) is 5.47. The number of carbonyl (C=O) groups excluding carboxylic acids is 2. The van der Waals surface area contributed by atoms with Crippen LogP contribution in [0.3, 0.4) is 0 Å². The average molecular weight is 402 g/mol. The number of furan rings is 1. The largest absolute Gasteiger partial charge is 0.455 e. The first-order valence-electron chi connectivity index (χ1n) is 9.80. The zero-order valence-electron chi connectivity index (χ0n) is 16.9. The van der Waals surface area contributed by atoms with Crippen molar-refractivity contribution >= 4 is 23.2 Å². The maximum Gasteiger partial charge on any atom is 0.291 e. The summed E-state index contributed by atoms with van der Waals surface area (Å²) in [6.45, 7) is 3.77. The molecule has 30 heavy (non-hydrogen) atoms. The summed E-state index contributed by atoms with van der Waals surface area (Å²) in [6, 6.07) is 10.8. The Kier molecular flexibility index (Phi) is 5.43. The van der Waals surface area contributed by atoms with E-state index in [1.807, 2.05) is 32.0 Å². The lowest BCUT2D eigenvalue weighted by Crippen LogP contribution is -2.22. The van der Waals surface area contributed by atoms with Crippen LogP contribution in [0.5, 0.6) is 0 Å². The molecule has 0 unspecified atom stereocenters. The number of aromatic nitrogens is 1. The van der Waals surface area contributed by atoms with Crippen molar-refractivity contribution in [1.29, 1.82) is 0 Å². The number of benzene rings is 1. The molecule has 1 aliphatic rings. The molecule has 0 radical (unpaired) electrons. The molecule has 0 atom stereocenters. The summed E-state index contributed by atoms with van der Waals surface area (Å²) in [5.74, 6) is 0.370. The molecule has 0 saturated carbocycles. The first-order chi connectivity index (χ1) is 14.5. The molecule has 3 aromatic rings. The molecule has 2 amide bonds. The van der Waals surface area contributed by atoms with Crippen LogP contribution in [0.1, 0.15) is 56.2 Å². The molecule has 7 heteroatoms. The Morgan fingerprint density at radius 2 is 1.97 bits per heavy atom. The van der Waals surface area contributed by atoms with Crippen molar-refractivity contribution in [3.8, 4) is 0 Å². The SMILES string of the molecule is Cc1cccc(C(=O)N/N=C2\CCCc3oc(C(=O)Nc4cccnc4)c(C)c32)c1. The van der Waals surface area contributed by atoms with E-state index in [0.29, 0.717) is 17.7 Å². The molecule has 4 rings (SSSR count). The molecule has 2 heterocycles. The molecule has 152 valence electrons. The van der Waals surface area contributed by atoms with Gasteiger partial charge in [-0.15, -0.1) is 0 Å². The van der Waals surface area contributed by atoms with Crippen LogP contribution in [0, 0.1) is 13.8 Å². The second-order valence-electron chi connectivity index (χ2n) is 7.27. The first kappa shape index (κ1) is 19.6. The van der Waals surface area contributed by atoms with Gasteiger partial charge in [-0.2, -0.15) is 5.10 Å². The highest BCUT2D eigenvalue weighted by Gasteiger charge is 2.28. The lowest BCUT2D eigenvalue weighted by atomic mass is 9.93. The van der Waals surface area contributed by atoms with Gasteiger partial charge in [0.15, 0.2) is 5.76 Å². The van der Waals surface area contributed by atoms with E-state index in [1.54, 1.807) is 30.6 Å². The van der Waals surface area contributed by atoms with Crippen molar-refractivity contribution in [2.75, 3.05) is 5.32 Å². The van der Waals surface area contributed by atoms with E-state index in [2.05, 4.69) is 20.8 Å². The highest BCUT2D eigenvalue weighted by Crippen LogP contribution is 2.30. The Morgan fingerprint density at radius 1 is 1.10 bits per heavy atom. The molecule has 2 N–H and O–H groups in total. The molecule has 1 aliphatic carbocycles. The van der Waals surface area contributed by atoms with E-state index in [0.717, 1.165) is 41.0 Å². The van der Waals surface area contributed by atoms with Gasteiger partial charge in [0.2, 0.25) is 0 Å². The summed E-state index contributed by atoms with van der Waals surface area (Å²) < 4.78 is 5.88. The second-order valence-corrected chi connectivity index (χ2v) is 7.27. The lowest BCUT2D eigenvalue weighted by molar-refractivity contribution is 0.0953. The summed E-state index contributed by atoms with van der Waals surface area (Å²) >= 11 is 0. The Hall–Kier alpha value is -3.74. The van der Waals surface area contributed by atoms with E-state index in [4.69, 9.17) is 4.42 Å². The molecule has 2 aromatic heterocycles. The average Bonchev–Trinajstić information content (AvgIpc) is 3.10. The normalized spacial score (nSPS) is 14.3. The summed E-state index contributed by atoms with van der Waals surface area (Å²) in [4.78, 5) is 29.1. The first-order valence-corrected chi connectivity index (χ1v) is 9.80. The van der Waals surface area contributed by atoms with Gasteiger partial charge in [-0.3, -0.25) is 14.6 Å². The minimum absolute atomic E-state index is 0.253. The van der Waals surface area contributed by atoms with Gasteiger partial charge in [-0.25, -0.2) is 5.43 Å². The van der Waals surface area contributed by atoms with Crippen LogP contribution < -0.4 is 10.7 Å². The highest BCUT2D eigenvalue weighted by molar-refractivity contribution is 6.09. The summed E-state index contributed by atoms with van der Waals surface area (Å²) in [5.41, 5.74) is 7.04. The Morgan fingerprint density at radius 3 is 2.73 bits per heavy atom. The number of rotatable bonds is 4. The second kappa shape index (κ2) is 8.32. The van der Waals surface area contributed by atoms with Gasteiger partial charge in [0.25, 0.3) is 11.8 Å². The van der Waals surface area contributed by atoms with Crippen LogP contribution in [-0.4, -0.2) is 22.5 Å². The van der Waals surface area contributed by atoms with E-state index in [1.165, 1.54) is 0 Å². The number of hydrogen-bond acceptors (Lipinski definition) is 5. The number of pyridine rings is 1. The molecule has 0 spiro atoms. The predicted octanol–water partition coefficient (Wildman–Crippen LogP) is 4.01. The van der Waals surface area contributed by atoms with E-state index in [9.17, 15) is 9.59 Å². The minimum Gasteiger partial charge on any atom is -0.455 e. The quantitative estimate of drug-likeness (QED) is 0.644. The fraction of sp³-hybridized carbons (Fsp3) is 0.217. The lowest BCUT2D eigenvalue weighted by Gasteiger charge is -2.13. The molecule has 0 saturated heterocycles. The topological polar surface area (TPSA) is 96.6 Å².